The lowest BCUT2D eigenvalue weighted by Gasteiger charge is -2.58. The van der Waals surface area contributed by atoms with E-state index in [1.54, 1.807) is 0 Å². The van der Waals surface area contributed by atoms with Gasteiger partial charge in [0.25, 0.3) is 0 Å². The molecule has 4 rings (SSSR count). The van der Waals surface area contributed by atoms with Crippen molar-refractivity contribution < 1.29 is 40.8 Å². The van der Waals surface area contributed by atoms with Gasteiger partial charge in [0.15, 0.2) is 0 Å². The highest BCUT2D eigenvalue weighted by molar-refractivity contribution is 7.86. The quantitative estimate of drug-likeness (QED) is 0.563. The number of alkyl halides is 3. The summed E-state index contributed by atoms with van der Waals surface area (Å²) in [7, 11) is -5.94. The van der Waals surface area contributed by atoms with E-state index in [2.05, 4.69) is 4.74 Å². The van der Waals surface area contributed by atoms with Gasteiger partial charge in [-0.05, 0) is 50.4 Å². The minimum atomic E-state index is -5.94. The minimum Gasteiger partial charge on any atom is -0.462 e. The summed E-state index contributed by atoms with van der Waals surface area (Å²) in [6.45, 7) is -1.47. The third-order valence-corrected chi connectivity index (χ3v) is 6.48. The SMILES string of the molecule is O=C(OCC(F)C(F)(F)S(=O)(=O)O)C12CC3CC(CC(O)(C3)C1)C2. The lowest BCUT2D eigenvalue weighted by atomic mass is 9.48. The number of rotatable bonds is 5. The van der Waals surface area contributed by atoms with Gasteiger partial charge in [-0.3, -0.25) is 9.35 Å². The molecule has 4 bridgehead atoms. The molecule has 0 spiro atoms. The van der Waals surface area contributed by atoms with Crippen LogP contribution in [0, 0.1) is 17.3 Å². The Morgan fingerprint density at radius 2 is 1.79 bits per heavy atom. The van der Waals surface area contributed by atoms with Gasteiger partial charge < -0.3 is 9.84 Å². The molecule has 0 aromatic rings. The maximum atomic E-state index is 13.5. The van der Waals surface area contributed by atoms with Gasteiger partial charge in [0, 0.05) is 0 Å². The fourth-order valence-corrected chi connectivity index (χ4v) is 5.40. The first-order chi connectivity index (χ1) is 10.9. The Labute approximate surface area is 137 Å². The van der Waals surface area contributed by atoms with Gasteiger partial charge in [0.2, 0.25) is 6.17 Å². The highest BCUT2D eigenvalue weighted by atomic mass is 32.2. The number of carbonyl (C=O) groups excluding carboxylic acids is 1. The van der Waals surface area contributed by atoms with Crippen LogP contribution in [0.15, 0.2) is 0 Å². The summed E-state index contributed by atoms with van der Waals surface area (Å²) in [4.78, 5) is 12.4. The summed E-state index contributed by atoms with van der Waals surface area (Å²) < 4.78 is 73.8. The lowest BCUT2D eigenvalue weighted by molar-refractivity contribution is -0.198. The first kappa shape index (κ1) is 17.9. The van der Waals surface area contributed by atoms with Crippen molar-refractivity contribution in [2.45, 2.75) is 55.6 Å². The standard InChI is InChI=1S/C14H19F3O6S/c15-10(14(16,17)24(20,21)22)6-23-11(18)12-2-8-1-9(3-12)5-13(19,4-8)7-12/h8-10,19H,1-7H2,(H,20,21,22). The predicted molar refractivity (Wildman–Crippen MR) is 74.4 cm³/mol. The fraction of sp³-hybridized carbons (Fsp3) is 0.929. The largest absolute Gasteiger partial charge is 0.462 e. The van der Waals surface area contributed by atoms with Crippen LogP contribution in [0.3, 0.4) is 0 Å². The van der Waals surface area contributed by atoms with Gasteiger partial charge in [0.1, 0.15) is 6.61 Å². The normalized spacial score (nSPS) is 39.7. The second kappa shape index (κ2) is 5.31. The minimum absolute atomic E-state index is 0.143. The van der Waals surface area contributed by atoms with E-state index < -0.39 is 45.1 Å². The molecular weight excluding hydrogens is 353 g/mol. The molecule has 10 heteroatoms. The van der Waals surface area contributed by atoms with E-state index in [0.717, 1.165) is 6.42 Å². The third kappa shape index (κ3) is 2.82. The molecule has 0 aromatic heterocycles. The second-order valence-corrected chi connectivity index (χ2v) is 9.06. The molecule has 0 aromatic carbocycles. The third-order valence-electron chi connectivity index (χ3n) is 5.53. The van der Waals surface area contributed by atoms with E-state index in [9.17, 15) is 31.5 Å². The van der Waals surface area contributed by atoms with E-state index in [4.69, 9.17) is 4.55 Å². The maximum Gasteiger partial charge on any atom is 0.403 e. The molecule has 24 heavy (non-hydrogen) atoms. The molecule has 0 saturated heterocycles. The molecule has 3 atom stereocenters. The lowest BCUT2D eigenvalue weighted by Crippen LogP contribution is -2.58. The van der Waals surface area contributed by atoms with Crippen LogP contribution < -0.4 is 0 Å². The molecule has 4 saturated carbocycles. The van der Waals surface area contributed by atoms with Crippen molar-refractivity contribution >= 4 is 16.1 Å². The van der Waals surface area contributed by atoms with Crippen molar-refractivity contribution in [3.05, 3.63) is 0 Å². The van der Waals surface area contributed by atoms with Crippen LogP contribution in [-0.2, 0) is 19.6 Å². The Kier molecular flexibility index (Phi) is 3.97. The molecule has 0 amide bonds. The number of carbonyl (C=O) groups is 1. The van der Waals surface area contributed by atoms with Gasteiger partial charge in [-0.2, -0.15) is 17.2 Å². The summed E-state index contributed by atoms with van der Waals surface area (Å²) in [6.07, 6.45) is -0.238. The highest BCUT2D eigenvalue weighted by Crippen LogP contribution is 2.62. The molecule has 0 radical (unpaired) electrons. The number of esters is 1. The molecule has 4 aliphatic carbocycles. The Bertz CT molecular complexity index is 635. The van der Waals surface area contributed by atoms with Gasteiger partial charge >= 0.3 is 21.3 Å². The van der Waals surface area contributed by atoms with Gasteiger partial charge in [-0.25, -0.2) is 4.39 Å². The monoisotopic (exact) mass is 372 g/mol. The Hall–Kier alpha value is -0.870. The Morgan fingerprint density at radius 3 is 2.25 bits per heavy atom. The fourth-order valence-electron chi connectivity index (χ4n) is 5.01. The van der Waals surface area contributed by atoms with Crippen LogP contribution in [0.5, 0.6) is 0 Å². The summed E-state index contributed by atoms with van der Waals surface area (Å²) in [5, 5.41) is 5.47. The van der Waals surface area contributed by atoms with E-state index in [0.29, 0.717) is 25.7 Å². The van der Waals surface area contributed by atoms with Crippen molar-refractivity contribution in [3.8, 4) is 0 Å². The van der Waals surface area contributed by atoms with Crippen molar-refractivity contribution in [2.75, 3.05) is 6.61 Å². The van der Waals surface area contributed by atoms with E-state index in [1.165, 1.54) is 0 Å². The summed E-state index contributed by atoms with van der Waals surface area (Å²) in [5.41, 5.74) is -2.00. The molecule has 4 fully saturated rings. The number of hydrogen-bond donors (Lipinski definition) is 2. The van der Waals surface area contributed by atoms with Crippen molar-refractivity contribution in [3.63, 3.8) is 0 Å². The molecule has 0 aliphatic heterocycles. The van der Waals surface area contributed by atoms with Crippen molar-refractivity contribution in [2.24, 2.45) is 17.3 Å². The van der Waals surface area contributed by atoms with Crippen LogP contribution in [0.1, 0.15) is 38.5 Å². The zero-order valence-electron chi connectivity index (χ0n) is 12.8. The zero-order chi connectivity index (χ0) is 18.0. The van der Waals surface area contributed by atoms with Crippen LogP contribution in [0.2, 0.25) is 0 Å². The summed E-state index contributed by atoms with van der Waals surface area (Å²) in [5.74, 6) is -0.600. The average molecular weight is 372 g/mol. The van der Waals surface area contributed by atoms with Crippen LogP contribution in [0.25, 0.3) is 0 Å². The Balaban J connectivity index is 1.68. The number of ether oxygens (including phenoxy) is 1. The van der Waals surface area contributed by atoms with Crippen LogP contribution >= 0.6 is 0 Å². The topological polar surface area (TPSA) is 101 Å². The molecule has 138 valence electrons. The molecule has 2 N–H and O–H groups in total. The van der Waals surface area contributed by atoms with Crippen LogP contribution in [0.4, 0.5) is 13.2 Å². The molecule has 3 unspecified atom stereocenters. The predicted octanol–water partition coefficient (Wildman–Crippen LogP) is 1.68. The van der Waals surface area contributed by atoms with Gasteiger partial charge in [-0.15, -0.1) is 0 Å². The van der Waals surface area contributed by atoms with E-state index in [-0.39, 0.29) is 18.3 Å². The van der Waals surface area contributed by atoms with Gasteiger partial charge in [0.05, 0.1) is 11.0 Å². The summed E-state index contributed by atoms with van der Waals surface area (Å²) >= 11 is 0. The maximum absolute atomic E-state index is 13.5. The zero-order valence-corrected chi connectivity index (χ0v) is 13.6. The number of hydrogen-bond acceptors (Lipinski definition) is 5. The summed E-state index contributed by atoms with van der Waals surface area (Å²) in [6, 6.07) is 0. The number of halogens is 3. The van der Waals surface area contributed by atoms with E-state index >= 15 is 0 Å². The van der Waals surface area contributed by atoms with Crippen molar-refractivity contribution in [1.82, 2.24) is 0 Å². The molecular formula is C14H19F3O6S. The van der Waals surface area contributed by atoms with Crippen LogP contribution in [-0.4, -0.2) is 47.7 Å². The van der Waals surface area contributed by atoms with E-state index in [1.807, 2.05) is 0 Å². The van der Waals surface area contributed by atoms with Crippen molar-refractivity contribution in [1.29, 1.82) is 0 Å². The smallest absolute Gasteiger partial charge is 0.403 e. The first-order valence-electron chi connectivity index (χ1n) is 7.75. The molecule has 0 heterocycles. The van der Waals surface area contributed by atoms with Gasteiger partial charge in [-0.1, -0.05) is 0 Å². The molecule has 6 nitrogen and oxygen atoms in total. The second-order valence-electron chi connectivity index (χ2n) is 7.57. The average Bonchev–Trinajstić information content (AvgIpc) is 2.40. The number of aliphatic hydroxyl groups is 1. The first-order valence-corrected chi connectivity index (χ1v) is 9.19. The Morgan fingerprint density at radius 1 is 1.25 bits per heavy atom. The highest BCUT2D eigenvalue weighted by Gasteiger charge is 2.61. The molecule has 4 aliphatic rings.